The molecule has 0 radical (unpaired) electrons. The van der Waals surface area contributed by atoms with Gasteiger partial charge in [0.2, 0.25) is 5.91 Å². The summed E-state index contributed by atoms with van der Waals surface area (Å²) in [6.45, 7) is 2.23. The minimum atomic E-state index is 0.0224. The molecule has 0 atom stereocenters. The highest BCUT2D eigenvalue weighted by Gasteiger charge is 2.10. The summed E-state index contributed by atoms with van der Waals surface area (Å²) in [6.07, 6.45) is 4.00. The third-order valence-corrected chi connectivity index (χ3v) is 5.95. The fourth-order valence-electron chi connectivity index (χ4n) is 3.97. The first kappa shape index (κ1) is 23.8. The fraction of sp³-hybridized carbons (Fsp3) is 0.286. The zero-order chi connectivity index (χ0) is 23.6. The molecule has 4 rings (SSSR count). The molecule has 1 aromatic heterocycles. The minimum Gasteiger partial charge on any atom is -0.494 e. The number of rotatable bonds is 12. The van der Waals surface area contributed by atoms with E-state index in [9.17, 15) is 4.79 Å². The summed E-state index contributed by atoms with van der Waals surface area (Å²) in [5.74, 6) is 2.00. The lowest BCUT2D eigenvalue weighted by Crippen LogP contribution is -2.26. The zero-order valence-electron chi connectivity index (χ0n) is 19.3. The standard InChI is InChI=1S/C28H30ClN3O2/c29-23-16-14-22(15-17-23)21-28(33)30-18-8-13-27-31-25-11-4-5-12-26(25)32(27)19-6-7-20-34-24-9-2-1-3-10-24/h1-5,9-12,14-17H,6-8,13,18-21H2,(H,30,33). The quantitative estimate of drug-likeness (QED) is 0.262. The van der Waals surface area contributed by atoms with Crippen molar-refractivity contribution in [3.05, 3.63) is 95.3 Å². The van der Waals surface area contributed by atoms with Gasteiger partial charge in [-0.05, 0) is 61.2 Å². The predicted octanol–water partition coefficient (Wildman–Crippen LogP) is 5.84. The molecule has 1 amide bonds. The summed E-state index contributed by atoms with van der Waals surface area (Å²) >= 11 is 5.91. The SMILES string of the molecule is O=C(Cc1ccc(Cl)cc1)NCCCc1nc2ccccc2n1CCCCOc1ccccc1. The number of hydrogen-bond acceptors (Lipinski definition) is 3. The molecule has 0 aliphatic heterocycles. The van der Waals surface area contributed by atoms with Crippen LogP contribution in [-0.2, 0) is 24.2 Å². The maximum atomic E-state index is 12.2. The van der Waals surface area contributed by atoms with Crippen LogP contribution in [0.5, 0.6) is 5.75 Å². The summed E-state index contributed by atoms with van der Waals surface area (Å²) in [6, 6.07) is 25.6. The number of hydrogen-bond donors (Lipinski definition) is 1. The van der Waals surface area contributed by atoms with Crippen LogP contribution in [0, 0.1) is 0 Å². The summed E-state index contributed by atoms with van der Waals surface area (Å²) < 4.78 is 8.13. The molecule has 6 heteroatoms. The summed E-state index contributed by atoms with van der Waals surface area (Å²) in [4.78, 5) is 17.1. The number of carbonyl (C=O) groups excluding carboxylic acids is 1. The van der Waals surface area contributed by atoms with Crippen LogP contribution in [-0.4, -0.2) is 28.6 Å². The maximum absolute atomic E-state index is 12.2. The number of ether oxygens (including phenoxy) is 1. The van der Waals surface area contributed by atoms with Gasteiger partial charge in [-0.3, -0.25) is 4.79 Å². The number of imidazole rings is 1. The van der Waals surface area contributed by atoms with Crippen molar-refractivity contribution in [2.45, 2.75) is 38.6 Å². The highest BCUT2D eigenvalue weighted by Crippen LogP contribution is 2.18. The monoisotopic (exact) mass is 475 g/mol. The van der Waals surface area contributed by atoms with E-state index in [0.717, 1.165) is 60.4 Å². The first-order valence-electron chi connectivity index (χ1n) is 11.8. The second-order valence-corrected chi connectivity index (χ2v) is 8.73. The van der Waals surface area contributed by atoms with Gasteiger partial charge in [0.05, 0.1) is 24.1 Å². The van der Waals surface area contributed by atoms with Crippen LogP contribution < -0.4 is 10.1 Å². The van der Waals surface area contributed by atoms with Crippen LogP contribution >= 0.6 is 11.6 Å². The number of carbonyl (C=O) groups is 1. The van der Waals surface area contributed by atoms with Crippen LogP contribution in [0.4, 0.5) is 0 Å². The van der Waals surface area contributed by atoms with Gasteiger partial charge >= 0.3 is 0 Å². The van der Waals surface area contributed by atoms with Crippen molar-refractivity contribution in [1.82, 2.24) is 14.9 Å². The minimum absolute atomic E-state index is 0.0224. The number of aryl methyl sites for hydroxylation is 2. The molecule has 4 aromatic rings. The zero-order valence-corrected chi connectivity index (χ0v) is 20.0. The molecule has 1 heterocycles. The molecule has 1 N–H and O–H groups in total. The van der Waals surface area contributed by atoms with Crippen LogP contribution in [0.15, 0.2) is 78.9 Å². The second kappa shape index (κ2) is 12.2. The van der Waals surface area contributed by atoms with Gasteiger partial charge in [0.15, 0.2) is 0 Å². The molecule has 0 unspecified atom stereocenters. The highest BCUT2D eigenvalue weighted by molar-refractivity contribution is 6.30. The second-order valence-electron chi connectivity index (χ2n) is 8.29. The number of aromatic nitrogens is 2. The molecule has 0 saturated carbocycles. The van der Waals surface area contributed by atoms with E-state index in [1.165, 1.54) is 0 Å². The van der Waals surface area contributed by atoms with Crippen molar-refractivity contribution in [2.24, 2.45) is 0 Å². The van der Waals surface area contributed by atoms with Gasteiger partial charge < -0.3 is 14.6 Å². The number of fused-ring (bicyclic) bond motifs is 1. The third kappa shape index (κ3) is 6.84. The lowest BCUT2D eigenvalue weighted by Gasteiger charge is -2.11. The molecule has 0 spiro atoms. The van der Waals surface area contributed by atoms with Crippen molar-refractivity contribution in [2.75, 3.05) is 13.2 Å². The highest BCUT2D eigenvalue weighted by atomic mass is 35.5. The number of nitrogens with zero attached hydrogens (tertiary/aromatic N) is 2. The molecule has 34 heavy (non-hydrogen) atoms. The van der Waals surface area contributed by atoms with Gasteiger partial charge in [0.1, 0.15) is 11.6 Å². The van der Waals surface area contributed by atoms with Crippen molar-refractivity contribution < 1.29 is 9.53 Å². The number of amides is 1. The first-order valence-corrected chi connectivity index (χ1v) is 12.2. The van der Waals surface area contributed by atoms with Crippen LogP contribution in [0.2, 0.25) is 5.02 Å². The average molecular weight is 476 g/mol. The molecular weight excluding hydrogens is 446 g/mol. The van der Waals surface area contributed by atoms with E-state index in [0.29, 0.717) is 24.6 Å². The lowest BCUT2D eigenvalue weighted by atomic mass is 10.1. The Morgan fingerprint density at radius 2 is 1.68 bits per heavy atom. The van der Waals surface area contributed by atoms with Crippen molar-refractivity contribution in [3.8, 4) is 5.75 Å². The van der Waals surface area contributed by atoms with E-state index in [1.54, 1.807) is 0 Å². The Balaban J connectivity index is 1.25. The van der Waals surface area contributed by atoms with Gasteiger partial charge in [-0.1, -0.05) is 54.1 Å². The van der Waals surface area contributed by atoms with Gasteiger partial charge in [-0.2, -0.15) is 0 Å². The summed E-state index contributed by atoms with van der Waals surface area (Å²) in [5, 5.41) is 3.70. The molecule has 0 aliphatic carbocycles. The normalized spacial score (nSPS) is 11.0. The van der Waals surface area contributed by atoms with Crippen LogP contribution in [0.1, 0.15) is 30.7 Å². The number of unbranched alkanes of at least 4 members (excludes halogenated alkanes) is 1. The third-order valence-electron chi connectivity index (χ3n) is 5.70. The van der Waals surface area contributed by atoms with Gasteiger partial charge in [-0.25, -0.2) is 4.98 Å². The number of halogens is 1. The van der Waals surface area contributed by atoms with Gasteiger partial charge in [0, 0.05) is 24.5 Å². The summed E-state index contributed by atoms with van der Waals surface area (Å²) in [7, 11) is 0. The Bertz CT molecular complexity index is 1190. The Kier molecular flexibility index (Phi) is 8.58. The lowest BCUT2D eigenvalue weighted by molar-refractivity contribution is -0.120. The van der Waals surface area contributed by atoms with Crippen LogP contribution in [0.3, 0.4) is 0 Å². The van der Waals surface area contributed by atoms with E-state index in [2.05, 4.69) is 28.1 Å². The van der Waals surface area contributed by atoms with Crippen molar-refractivity contribution in [3.63, 3.8) is 0 Å². The first-order chi connectivity index (χ1) is 16.7. The van der Waals surface area contributed by atoms with Crippen LogP contribution in [0.25, 0.3) is 11.0 Å². The summed E-state index contributed by atoms with van der Waals surface area (Å²) in [5.41, 5.74) is 3.14. The largest absolute Gasteiger partial charge is 0.494 e. The average Bonchev–Trinajstić information content (AvgIpc) is 3.21. The van der Waals surface area contributed by atoms with Crippen molar-refractivity contribution >= 4 is 28.5 Å². The topological polar surface area (TPSA) is 56.2 Å². The Labute approximate surface area is 205 Å². The molecular formula is C28H30ClN3O2. The molecule has 0 fully saturated rings. The van der Waals surface area contributed by atoms with E-state index < -0.39 is 0 Å². The number of nitrogens with one attached hydrogen (secondary N) is 1. The Morgan fingerprint density at radius 1 is 0.912 bits per heavy atom. The molecule has 0 bridgehead atoms. The molecule has 5 nitrogen and oxygen atoms in total. The Morgan fingerprint density at radius 3 is 2.50 bits per heavy atom. The molecule has 3 aromatic carbocycles. The van der Waals surface area contributed by atoms with Gasteiger partial charge in [-0.15, -0.1) is 0 Å². The van der Waals surface area contributed by atoms with Gasteiger partial charge in [0.25, 0.3) is 0 Å². The van der Waals surface area contributed by atoms with E-state index in [-0.39, 0.29) is 5.91 Å². The fourth-order valence-corrected chi connectivity index (χ4v) is 4.09. The smallest absolute Gasteiger partial charge is 0.224 e. The molecule has 0 saturated heterocycles. The number of benzene rings is 3. The van der Waals surface area contributed by atoms with E-state index >= 15 is 0 Å². The van der Waals surface area contributed by atoms with E-state index in [4.69, 9.17) is 21.3 Å². The predicted molar refractivity (Wildman–Crippen MR) is 137 cm³/mol. The maximum Gasteiger partial charge on any atom is 0.224 e. The number of para-hydroxylation sites is 3. The molecule has 0 aliphatic rings. The molecule has 176 valence electrons. The van der Waals surface area contributed by atoms with E-state index in [1.807, 2.05) is 60.7 Å². The Hall–Kier alpha value is -3.31. The van der Waals surface area contributed by atoms with Crippen molar-refractivity contribution in [1.29, 1.82) is 0 Å².